The van der Waals surface area contributed by atoms with Gasteiger partial charge in [0.1, 0.15) is 5.82 Å². The summed E-state index contributed by atoms with van der Waals surface area (Å²) in [4.78, 5) is 11.3. The zero-order chi connectivity index (χ0) is 11.4. The maximum atomic E-state index is 13.4. The van der Waals surface area contributed by atoms with Gasteiger partial charge in [0.15, 0.2) is 0 Å². The van der Waals surface area contributed by atoms with E-state index in [-0.39, 0.29) is 5.56 Å². The lowest BCUT2D eigenvalue weighted by atomic mass is 10.0. The second-order valence-electron chi connectivity index (χ2n) is 3.28. The molecule has 3 nitrogen and oxygen atoms in total. The van der Waals surface area contributed by atoms with E-state index in [1.807, 2.05) is 0 Å². The summed E-state index contributed by atoms with van der Waals surface area (Å²) < 4.78 is 18.0. The number of hydrogen-bond acceptors (Lipinski definition) is 3. The Morgan fingerprint density at radius 3 is 2.73 bits per heavy atom. The third-order valence-electron chi connectivity index (χ3n) is 2.24. The second-order valence-corrected chi connectivity index (χ2v) is 3.28. The maximum Gasteiger partial charge on any atom is 0.338 e. The molecule has 4 heteroatoms. The summed E-state index contributed by atoms with van der Waals surface area (Å²) in [6.45, 7) is 1.97. The average Bonchev–Trinajstić information content (AvgIpc) is 2.22. The van der Waals surface area contributed by atoms with E-state index in [4.69, 9.17) is 5.73 Å². The highest BCUT2D eigenvalue weighted by molar-refractivity contribution is 5.91. The molecule has 1 aromatic carbocycles. The predicted molar refractivity (Wildman–Crippen MR) is 55.2 cm³/mol. The van der Waals surface area contributed by atoms with E-state index in [1.165, 1.54) is 13.2 Å². The normalized spacial score (nSPS) is 10.1. The fraction of sp³-hybridized carbons (Fsp3) is 0.364. The molecule has 1 rings (SSSR count). The molecule has 2 N–H and O–H groups in total. The fourth-order valence-electron chi connectivity index (χ4n) is 1.37. The van der Waals surface area contributed by atoms with E-state index in [0.29, 0.717) is 24.1 Å². The monoisotopic (exact) mass is 211 g/mol. The van der Waals surface area contributed by atoms with Crippen LogP contribution in [0.3, 0.4) is 0 Å². The molecule has 0 amide bonds. The lowest BCUT2D eigenvalue weighted by molar-refractivity contribution is 0.0599. The Hall–Kier alpha value is -1.42. The number of ether oxygens (including phenoxy) is 1. The molecule has 0 radical (unpaired) electrons. The molecule has 0 saturated carbocycles. The van der Waals surface area contributed by atoms with E-state index in [9.17, 15) is 9.18 Å². The lowest BCUT2D eigenvalue weighted by Crippen LogP contribution is -2.09. The van der Waals surface area contributed by atoms with Crippen LogP contribution in [0.15, 0.2) is 12.1 Å². The number of halogens is 1. The van der Waals surface area contributed by atoms with Crippen molar-refractivity contribution in [3.63, 3.8) is 0 Å². The van der Waals surface area contributed by atoms with Crippen LogP contribution in [0.4, 0.5) is 4.39 Å². The molecule has 0 saturated heterocycles. The van der Waals surface area contributed by atoms with Crippen LogP contribution in [-0.2, 0) is 11.2 Å². The molecule has 0 spiro atoms. The smallest absolute Gasteiger partial charge is 0.338 e. The number of benzene rings is 1. The SMILES string of the molecule is COC(=O)c1cc(CCN)cc(F)c1C. The summed E-state index contributed by atoms with van der Waals surface area (Å²) in [6.07, 6.45) is 0.543. The highest BCUT2D eigenvalue weighted by Crippen LogP contribution is 2.16. The quantitative estimate of drug-likeness (QED) is 0.769. The van der Waals surface area contributed by atoms with Gasteiger partial charge in [-0.15, -0.1) is 0 Å². The molecule has 1 aromatic rings. The molecule has 0 fully saturated rings. The molecule has 0 aliphatic heterocycles. The van der Waals surface area contributed by atoms with Crippen LogP contribution in [0, 0.1) is 12.7 Å². The van der Waals surface area contributed by atoms with Gasteiger partial charge in [0.05, 0.1) is 12.7 Å². The summed E-state index contributed by atoms with van der Waals surface area (Å²) in [5.41, 5.74) is 6.65. The van der Waals surface area contributed by atoms with Gasteiger partial charge in [-0.2, -0.15) is 0 Å². The Balaban J connectivity index is 3.18. The number of hydrogen-bond donors (Lipinski definition) is 1. The van der Waals surface area contributed by atoms with Crippen molar-refractivity contribution in [2.45, 2.75) is 13.3 Å². The van der Waals surface area contributed by atoms with Crippen LogP contribution < -0.4 is 5.73 Å². The van der Waals surface area contributed by atoms with E-state index >= 15 is 0 Å². The molecule has 0 aliphatic carbocycles. The van der Waals surface area contributed by atoms with Crippen LogP contribution >= 0.6 is 0 Å². The van der Waals surface area contributed by atoms with Crippen molar-refractivity contribution < 1.29 is 13.9 Å². The van der Waals surface area contributed by atoms with Crippen molar-refractivity contribution in [3.8, 4) is 0 Å². The van der Waals surface area contributed by atoms with Gasteiger partial charge in [-0.05, 0) is 43.1 Å². The van der Waals surface area contributed by atoms with Crippen LogP contribution in [0.25, 0.3) is 0 Å². The number of carbonyl (C=O) groups excluding carboxylic acids is 1. The minimum absolute atomic E-state index is 0.265. The first-order valence-electron chi connectivity index (χ1n) is 4.67. The first-order valence-corrected chi connectivity index (χ1v) is 4.67. The Morgan fingerprint density at radius 1 is 1.53 bits per heavy atom. The summed E-state index contributed by atoms with van der Waals surface area (Å²) in [6, 6.07) is 3.02. The number of carbonyl (C=O) groups is 1. The third-order valence-corrected chi connectivity index (χ3v) is 2.24. The number of methoxy groups -OCH3 is 1. The van der Waals surface area contributed by atoms with Gasteiger partial charge < -0.3 is 10.5 Å². The minimum atomic E-state index is -0.523. The van der Waals surface area contributed by atoms with E-state index in [1.54, 1.807) is 13.0 Å². The van der Waals surface area contributed by atoms with Crippen molar-refractivity contribution in [3.05, 3.63) is 34.6 Å². The van der Waals surface area contributed by atoms with Crippen LogP contribution in [-0.4, -0.2) is 19.6 Å². The summed E-state index contributed by atoms with van der Waals surface area (Å²) in [5, 5.41) is 0. The second kappa shape index (κ2) is 4.89. The number of esters is 1. The van der Waals surface area contributed by atoms with Gasteiger partial charge in [-0.1, -0.05) is 0 Å². The molecule has 0 heterocycles. The van der Waals surface area contributed by atoms with Crippen molar-refractivity contribution in [1.82, 2.24) is 0 Å². The largest absolute Gasteiger partial charge is 0.465 e. The standard InChI is InChI=1S/C11H14FNO2/c1-7-9(11(14)15-2)5-8(3-4-13)6-10(7)12/h5-6H,3-4,13H2,1-2H3. The van der Waals surface area contributed by atoms with E-state index < -0.39 is 11.8 Å². The molecule has 0 bridgehead atoms. The minimum Gasteiger partial charge on any atom is -0.465 e. The molecular formula is C11H14FNO2. The van der Waals surface area contributed by atoms with Gasteiger partial charge in [0, 0.05) is 0 Å². The average molecular weight is 211 g/mol. The molecule has 15 heavy (non-hydrogen) atoms. The molecule has 0 atom stereocenters. The van der Waals surface area contributed by atoms with Gasteiger partial charge in [-0.25, -0.2) is 9.18 Å². The lowest BCUT2D eigenvalue weighted by Gasteiger charge is -2.07. The molecule has 82 valence electrons. The molecular weight excluding hydrogens is 197 g/mol. The third kappa shape index (κ3) is 2.53. The van der Waals surface area contributed by atoms with E-state index in [0.717, 1.165) is 0 Å². The zero-order valence-corrected chi connectivity index (χ0v) is 8.84. The van der Waals surface area contributed by atoms with Gasteiger partial charge >= 0.3 is 5.97 Å². The maximum absolute atomic E-state index is 13.4. The van der Waals surface area contributed by atoms with Crippen molar-refractivity contribution >= 4 is 5.97 Å². The van der Waals surface area contributed by atoms with Crippen molar-refractivity contribution in [2.75, 3.05) is 13.7 Å². The van der Waals surface area contributed by atoms with E-state index in [2.05, 4.69) is 4.74 Å². The van der Waals surface area contributed by atoms with Crippen LogP contribution in [0.2, 0.25) is 0 Å². The van der Waals surface area contributed by atoms with Gasteiger partial charge in [0.2, 0.25) is 0 Å². The highest BCUT2D eigenvalue weighted by Gasteiger charge is 2.13. The summed E-state index contributed by atoms with van der Waals surface area (Å²) in [5.74, 6) is -0.924. The number of nitrogens with two attached hydrogens (primary N) is 1. The molecule has 0 aliphatic rings. The van der Waals surface area contributed by atoms with Gasteiger partial charge in [0.25, 0.3) is 0 Å². The first-order chi connectivity index (χ1) is 7.10. The zero-order valence-electron chi connectivity index (χ0n) is 8.84. The Bertz CT molecular complexity index is 377. The van der Waals surface area contributed by atoms with Gasteiger partial charge in [-0.3, -0.25) is 0 Å². The van der Waals surface area contributed by atoms with Crippen LogP contribution in [0.5, 0.6) is 0 Å². The predicted octanol–water partition coefficient (Wildman–Crippen LogP) is 1.42. The Labute approximate surface area is 88.0 Å². The number of rotatable bonds is 3. The first kappa shape index (κ1) is 11.7. The van der Waals surface area contributed by atoms with Crippen LogP contribution in [0.1, 0.15) is 21.5 Å². The Kier molecular flexibility index (Phi) is 3.80. The summed E-state index contributed by atoms with van der Waals surface area (Å²) >= 11 is 0. The topological polar surface area (TPSA) is 52.3 Å². The fourth-order valence-corrected chi connectivity index (χ4v) is 1.37. The summed E-state index contributed by atoms with van der Waals surface area (Å²) in [7, 11) is 1.27. The Morgan fingerprint density at radius 2 is 2.20 bits per heavy atom. The van der Waals surface area contributed by atoms with Crippen molar-refractivity contribution in [1.29, 1.82) is 0 Å². The highest BCUT2D eigenvalue weighted by atomic mass is 19.1. The molecule has 0 unspecified atom stereocenters. The van der Waals surface area contributed by atoms with Crippen molar-refractivity contribution in [2.24, 2.45) is 5.73 Å². The molecule has 0 aromatic heterocycles.